The van der Waals surface area contributed by atoms with Gasteiger partial charge in [-0.1, -0.05) is 25.1 Å². The number of amides is 1. The van der Waals surface area contributed by atoms with Gasteiger partial charge in [-0.2, -0.15) is 0 Å². The molecule has 0 radical (unpaired) electrons. The predicted octanol–water partition coefficient (Wildman–Crippen LogP) is 2.03. The van der Waals surface area contributed by atoms with E-state index in [2.05, 4.69) is 30.0 Å². The van der Waals surface area contributed by atoms with E-state index >= 15 is 0 Å². The number of likely N-dealkylation sites (tertiary alicyclic amines) is 1. The summed E-state index contributed by atoms with van der Waals surface area (Å²) >= 11 is 0. The first-order valence-electron chi connectivity index (χ1n) is 8.37. The van der Waals surface area contributed by atoms with E-state index in [1.54, 1.807) is 0 Å². The molecule has 120 valence electrons. The van der Waals surface area contributed by atoms with Crippen molar-refractivity contribution in [2.24, 2.45) is 11.1 Å². The van der Waals surface area contributed by atoms with Gasteiger partial charge < -0.3 is 10.6 Å². The van der Waals surface area contributed by atoms with E-state index in [0.717, 1.165) is 44.6 Å². The summed E-state index contributed by atoms with van der Waals surface area (Å²) in [5.41, 5.74) is 8.45. The van der Waals surface area contributed by atoms with Crippen molar-refractivity contribution in [1.29, 1.82) is 0 Å². The lowest BCUT2D eigenvalue weighted by Crippen LogP contribution is -2.48. The van der Waals surface area contributed by atoms with Gasteiger partial charge in [0.2, 0.25) is 5.91 Å². The molecule has 1 amide bonds. The van der Waals surface area contributed by atoms with Gasteiger partial charge in [-0.25, -0.2) is 0 Å². The lowest BCUT2D eigenvalue weighted by atomic mass is 9.90. The molecule has 2 heterocycles. The minimum Gasteiger partial charge on any atom is -0.330 e. The van der Waals surface area contributed by atoms with Crippen LogP contribution >= 0.6 is 0 Å². The van der Waals surface area contributed by atoms with E-state index in [4.69, 9.17) is 5.73 Å². The highest BCUT2D eigenvalue weighted by atomic mass is 16.2. The zero-order valence-electron chi connectivity index (χ0n) is 13.7. The van der Waals surface area contributed by atoms with Gasteiger partial charge in [-0.05, 0) is 56.3 Å². The van der Waals surface area contributed by atoms with E-state index in [1.165, 1.54) is 5.56 Å². The van der Waals surface area contributed by atoms with Gasteiger partial charge >= 0.3 is 0 Å². The number of benzene rings is 1. The third-order valence-electron chi connectivity index (χ3n) is 5.36. The maximum absolute atomic E-state index is 13.0. The average molecular weight is 301 g/mol. The largest absolute Gasteiger partial charge is 0.330 e. The van der Waals surface area contributed by atoms with Crippen molar-refractivity contribution in [3.63, 3.8) is 0 Å². The number of nitrogens with zero attached hydrogens (tertiary/aromatic N) is 2. The van der Waals surface area contributed by atoms with Crippen molar-refractivity contribution in [3.8, 4) is 0 Å². The van der Waals surface area contributed by atoms with Crippen LogP contribution in [-0.4, -0.2) is 43.0 Å². The molecule has 22 heavy (non-hydrogen) atoms. The Morgan fingerprint density at radius 3 is 2.86 bits per heavy atom. The van der Waals surface area contributed by atoms with E-state index in [9.17, 15) is 4.79 Å². The molecule has 0 aliphatic carbocycles. The number of carbonyl (C=O) groups is 1. The van der Waals surface area contributed by atoms with E-state index in [1.807, 2.05) is 17.9 Å². The lowest BCUT2D eigenvalue weighted by molar-refractivity contribution is -0.123. The Morgan fingerprint density at radius 2 is 2.14 bits per heavy atom. The Hall–Kier alpha value is -1.39. The third kappa shape index (κ3) is 2.77. The molecule has 1 saturated heterocycles. The molecule has 4 nitrogen and oxygen atoms in total. The van der Waals surface area contributed by atoms with Crippen LogP contribution in [-0.2, 0) is 11.2 Å². The van der Waals surface area contributed by atoms with Gasteiger partial charge in [0.1, 0.15) is 0 Å². The molecule has 0 spiro atoms. The quantitative estimate of drug-likeness (QED) is 0.929. The molecule has 2 unspecified atom stereocenters. The van der Waals surface area contributed by atoms with Crippen molar-refractivity contribution in [2.75, 3.05) is 31.1 Å². The third-order valence-corrected chi connectivity index (χ3v) is 5.36. The van der Waals surface area contributed by atoms with Crippen LogP contribution in [0.3, 0.4) is 0 Å². The average Bonchev–Trinajstić information content (AvgIpc) is 2.96. The number of fused-ring (bicyclic) bond motifs is 1. The second-order valence-corrected chi connectivity index (χ2v) is 7.13. The molecule has 2 aliphatic heterocycles. The van der Waals surface area contributed by atoms with Crippen molar-refractivity contribution >= 4 is 11.6 Å². The second kappa shape index (κ2) is 6.01. The first-order valence-corrected chi connectivity index (χ1v) is 8.37. The van der Waals surface area contributed by atoms with Crippen molar-refractivity contribution in [2.45, 2.75) is 39.2 Å². The van der Waals surface area contributed by atoms with Gasteiger partial charge in [0, 0.05) is 18.8 Å². The van der Waals surface area contributed by atoms with Crippen LogP contribution in [0.1, 0.15) is 32.3 Å². The van der Waals surface area contributed by atoms with Gasteiger partial charge in [0.05, 0.1) is 6.04 Å². The Kier molecular flexibility index (Phi) is 4.24. The predicted molar refractivity (Wildman–Crippen MR) is 89.9 cm³/mol. The maximum atomic E-state index is 13.0. The molecule has 0 saturated carbocycles. The molecule has 1 fully saturated rings. The summed E-state index contributed by atoms with van der Waals surface area (Å²) in [7, 11) is 0. The number of hydrogen-bond acceptors (Lipinski definition) is 3. The maximum Gasteiger partial charge on any atom is 0.244 e. The standard InChI is InChI=1S/C18H27N3O/c1-14(20-11-9-18(2,12-19)13-20)17(22)21-10-5-7-15-6-3-4-8-16(15)21/h3-4,6,8,14H,5,7,9-13,19H2,1-2H3. The number of aryl methyl sites for hydroxylation is 1. The molecule has 2 atom stereocenters. The van der Waals surface area contributed by atoms with Gasteiger partial charge in [-0.15, -0.1) is 0 Å². The van der Waals surface area contributed by atoms with Gasteiger partial charge in [0.25, 0.3) is 0 Å². The van der Waals surface area contributed by atoms with Crippen molar-refractivity contribution in [1.82, 2.24) is 4.90 Å². The number of hydrogen-bond donors (Lipinski definition) is 1. The first kappa shape index (κ1) is 15.5. The van der Waals surface area contributed by atoms with Crippen LogP contribution in [0.4, 0.5) is 5.69 Å². The number of rotatable bonds is 3. The fraction of sp³-hybridized carbons (Fsp3) is 0.611. The number of nitrogens with two attached hydrogens (primary N) is 1. The molecule has 4 heteroatoms. The number of carbonyl (C=O) groups excluding carboxylic acids is 1. The SMILES string of the molecule is CC(C(=O)N1CCCc2ccccc21)N1CCC(C)(CN)C1. The summed E-state index contributed by atoms with van der Waals surface area (Å²) in [4.78, 5) is 17.3. The lowest BCUT2D eigenvalue weighted by Gasteiger charge is -2.34. The fourth-order valence-electron chi connectivity index (χ4n) is 3.70. The monoisotopic (exact) mass is 301 g/mol. The molecule has 0 bridgehead atoms. The fourth-order valence-corrected chi connectivity index (χ4v) is 3.70. The van der Waals surface area contributed by atoms with Crippen LogP contribution in [0.5, 0.6) is 0 Å². The minimum atomic E-state index is -0.0699. The summed E-state index contributed by atoms with van der Waals surface area (Å²) in [5.74, 6) is 0.230. The summed E-state index contributed by atoms with van der Waals surface area (Å²) in [6.07, 6.45) is 3.21. The minimum absolute atomic E-state index is 0.0699. The highest BCUT2D eigenvalue weighted by Crippen LogP contribution is 2.32. The Labute approximate surface area is 133 Å². The topological polar surface area (TPSA) is 49.6 Å². The summed E-state index contributed by atoms with van der Waals surface area (Å²) in [6.45, 7) is 7.68. The molecule has 2 N–H and O–H groups in total. The Balaban J connectivity index is 1.75. The van der Waals surface area contributed by atoms with Crippen LogP contribution in [0.15, 0.2) is 24.3 Å². The molecule has 0 aromatic heterocycles. The van der Waals surface area contributed by atoms with Crippen LogP contribution in [0.25, 0.3) is 0 Å². The van der Waals surface area contributed by atoms with E-state index < -0.39 is 0 Å². The Morgan fingerprint density at radius 1 is 1.36 bits per heavy atom. The number of para-hydroxylation sites is 1. The molecule has 1 aromatic carbocycles. The highest BCUT2D eigenvalue weighted by Gasteiger charge is 2.38. The van der Waals surface area contributed by atoms with Crippen molar-refractivity contribution in [3.05, 3.63) is 29.8 Å². The van der Waals surface area contributed by atoms with Crippen LogP contribution in [0, 0.1) is 5.41 Å². The molecule has 3 rings (SSSR count). The summed E-state index contributed by atoms with van der Waals surface area (Å²) < 4.78 is 0. The molecule has 2 aliphatic rings. The van der Waals surface area contributed by atoms with Crippen LogP contribution in [0.2, 0.25) is 0 Å². The van der Waals surface area contributed by atoms with Gasteiger partial charge in [-0.3, -0.25) is 9.69 Å². The van der Waals surface area contributed by atoms with Crippen molar-refractivity contribution < 1.29 is 4.79 Å². The normalized spacial score (nSPS) is 26.8. The molecular formula is C18H27N3O. The smallest absolute Gasteiger partial charge is 0.244 e. The van der Waals surface area contributed by atoms with E-state index in [0.29, 0.717) is 6.54 Å². The summed E-state index contributed by atoms with van der Waals surface area (Å²) in [6, 6.07) is 8.23. The second-order valence-electron chi connectivity index (χ2n) is 7.13. The van der Waals surface area contributed by atoms with Gasteiger partial charge in [0.15, 0.2) is 0 Å². The van der Waals surface area contributed by atoms with E-state index in [-0.39, 0.29) is 17.4 Å². The zero-order chi connectivity index (χ0) is 15.7. The number of anilines is 1. The summed E-state index contributed by atoms with van der Waals surface area (Å²) in [5, 5.41) is 0. The Bertz CT molecular complexity index is 559. The molecule has 1 aromatic rings. The first-order chi connectivity index (χ1) is 10.5. The zero-order valence-corrected chi connectivity index (χ0v) is 13.7. The highest BCUT2D eigenvalue weighted by molar-refractivity contribution is 5.98. The van der Waals surface area contributed by atoms with Crippen LogP contribution < -0.4 is 10.6 Å². The molecular weight excluding hydrogens is 274 g/mol.